The maximum atomic E-state index is 12.6. The molecule has 1 aliphatic carbocycles. The van der Waals surface area contributed by atoms with Crippen LogP contribution in [-0.4, -0.2) is 46.1 Å². The van der Waals surface area contributed by atoms with Gasteiger partial charge in [-0.05, 0) is 48.3 Å². The maximum Gasteiger partial charge on any atom is 0.242 e. The molecule has 0 atom stereocenters. The normalized spacial score (nSPS) is 18.2. The SMILES string of the molecule is CSN1CCN(c2cccc(-c3cnc4[nH]cc(C5CC5)c4c3Cl)c2)C(=O)C1. The van der Waals surface area contributed by atoms with Gasteiger partial charge in [0.25, 0.3) is 0 Å². The van der Waals surface area contributed by atoms with Crippen LogP contribution in [0.5, 0.6) is 0 Å². The van der Waals surface area contributed by atoms with Crippen molar-refractivity contribution in [1.82, 2.24) is 14.3 Å². The van der Waals surface area contributed by atoms with E-state index in [9.17, 15) is 4.79 Å². The van der Waals surface area contributed by atoms with Crippen molar-refractivity contribution in [1.29, 1.82) is 0 Å². The van der Waals surface area contributed by atoms with Crippen molar-refractivity contribution in [3.63, 3.8) is 0 Å². The lowest BCUT2D eigenvalue weighted by Gasteiger charge is -2.33. The number of aromatic nitrogens is 2. The van der Waals surface area contributed by atoms with Gasteiger partial charge in [-0.15, -0.1) is 0 Å². The van der Waals surface area contributed by atoms with Gasteiger partial charge in [0, 0.05) is 42.1 Å². The van der Waals surface area contributed by atoms with E-state index in [1.807, 2.05) is 47.8 Å². The summed E-state index contributed by atoms with van der Waals surface area (Å²) < 4.78 is 2.09. The molecule has 3 aromatic rings. The molecule has 0 radical (unpaired) electrons. The minimum absolute atomic E-state index is 0.124. The summed E-state index contributed by atoms with van der Waals surface area (Å²) in [5.74, 6) is 0.721. The van der Waals surface area contributed by atoms with Crippen LogP contribution < -0.4 is 4.90 Å². The Labute approximate surface area is 173 Å². The number of hydrogen-bond acceptors (Lipinski definition) is 4. The first-order valence-corrected chi connectivity index (χ1v) is 11.1. The van der Waals surface area contributed by atoms with Crippen LogP contribution in [0.15, 0.2) is 36.7 Å². The molecular weight excluding hydrogens is 392 g/mol. The van der Waals surface area contributed by atoms with Gasteiger partial charge >= 0.3 is 0 Å². The highest BCUT2D eigenvalue weighted by atomic mass is 35.5. The van der Waals surface area contributed by atoms with E-state index < -0.39 is 0 Å². The van der Waals surface area contributed by atoms with Gasteiger partial charge in [-0.1, -0.05) is 35.7 Å². The number of hydrogen-bond donors (Lipinski definition) is 1. The van der Waals surface area contributed by atoms with Crippen LogP contribution in [-0.2, 0) is 4.79 Å². The molecule has 1 N–H and O–H groups in total. The first kappa shape index (κ1) is 18.0. The zero-order chi connectivity index (χ0) is 19.3. The number of amides is 1. The van der Waals surface area contributed by atoms with E-state index in [0.717, 1.165) is 39.4 Å². The van der Waals surface area contributed by atoms with Crippen molar-refractivity contribution >= 4 is 46.2 Å². The summed E-state index contributed by atoms with van der Waals surface area (Å²) in [6, 6.07) is 8.05. The first-order chi connectivity index (χ1) is 13.7. The van der Waals surface area contributed by atoms with Crippen LogP contribution in [0.1, 0.15) is 24.3 Å². The molecule has 5 rings (SSSR count). The fourth-order valence-electron chi connectivity index (χ4n) is 3.92. The Balaban J connectivity index is 1.52. The highest BCUT2D eigenvalue weighted by molar-refractivity contribution is 7.96. The minimum Gasteiger partial charge on any atom is -0.346 e. The third-order valence-electron chi connectivity index (χ3n) is 5.60. The Bertz CT molecular complexity index is 1060. The molecule has 0 unspecified atom stereocenters. The summed E-state index contributed by atoms with van der Waals surface area (Å²) in [7, 11) is 0. The number of carbonyl (C=O) groups is 1. The van der Waals surface area contributed by atoms with E-state index in [1.54, 1.807) is 11.9 Å². The van der Waals surface area contributed by atoms with Crippen LogP contribution in [0.25, 0.3) is 22.2 Å². The molecule has 1 aliphatic heterocycles. The largest absolute Gasteiger partial charge is 0.346 e. The molecule has 3 heterocycles. The molecule has 1 aromatic carbocycles. The van der Waals surface area contributed by atoms with Gasteiger partial charge in [0.2, 0.25) is 5.91 Å². The lowest BCUT2D eigenvalue weighted by molar-refractivity contribution is -0.119. The van der Waals surface area contributed by atoms with Gasteiger partial charge in [0.15, 0.2) is 0 Å². The quantitative estimate of drug-likeness (QED) is 0.632. The molecule has 1 amide bonds. The van der Waals surface area contributed by atoms with Crippen LogP contribution in [0.3, 0.4) is 0 Å². The smallest absolute Gasteiger partial charge is 0.242 e. The van der Waals surface area contributed by atoms with Gasteiger partial charge in [-0.3, -0.25) is 4.79 Å². The van der Waals surface area contributed by atoms with Gasteiger partial charge < -0.3 is 9.88 Å². The number of nitrogens with one attached hydrogen (secondary N) is 1. The zero-order valence-corrected chi connectivity index (χ0v) is 17.2. The Morgan fingerprint density at radius 1 is 1.29 bits per heavy atom. The second-order valence-corrected chi connectivity index (χ2v) is 8.63. The lowest BCUT2D eigenvalue weighted by Crippen LogP contribution is -2.47. The third-order valence-corrected chi connectivity index (χ3v) is 6.82. The fourth-order valence-corrected chi connectivity index (χ4v) is 4.78. The van der Waals surface area contributed by atoms with Crippen LogP contribution in [0, 0.1) is 0 Å². The number of aromatic amines is 1. The van der Waals surface area contributed by atoms with Crippen molar-refractivity contribution in [2.45, 2.75) is 18.8 Å². The van der Waals surface area contributed by atoms with Gasteiger partial charge in [-0.25, -0.2) is 9.29 Å². The number of fused-ring (bicyclic) bond motifs is 1. The average Bonchev–Trinajstić information content (AvgIpc) is 3.47. The Hall–Kier alpha value is -2.02. The molecule has 144 valence electrons. The molecule has 1 saturated heterocycles. The number of nitrogens with zero attached hydrogens (tertiary/aromatic N) is 3. The van der Waals surface area contributed by atoms with Gasteiger partial charge in [0.05, 0.1) is 11.6 Å². The summed E-state index contributed by atoms with van der Waals surface area (Å²) in [5, 5.41) is 1.78. The zero-order valence-electron chi connectivity index (χ0n) is 15.6. The topological polar surface area (TPSA) is 52.2 Å². The predicted molar refractivity (Wildman–Crippen MR) is 116 cm³/mol. The Kier molecular flexibility index (Phi) is 4.57. The summed E-state index contributed by atoms with van der Waals surface area (Å²) >= 11 is 8.47. The highest BCUT2D eigenvalue weighted by Gasteiger charge is 2.28. The van der Waals surface area contributed by atoms with E-state index in [1.165, 1.54) is 18.4 Å². The van der Waals surface area contributed by atoms with E-state index in [2.05, 4.69) is 14.3 Å². The number of pyridine rings is 1. The second kappa shape index (κ2) is 7.10. The van der Waals surface area contributed by atoms with E-state index in [4.69, 9.17) is 11.6 Å². The maximum absolute atomic E-state index is 12.6. The number of anilines is 1. The van der Waals surface area contributed by atoms with Crippen molar-refractivity contribution in [3.05, 3.63) is 47.2 Å². The minimum atomic E-state index is 0.124. The summed E-state index contributed by atoms with van der Waals surface area (Å²) in [4.78, 5) is 22.3. The summed E-state index contributed by atoms with van der Waals surface area (Å²) in [6.45, 7) is 1.99. The summed E-state index contributed by atoms with van der Waals surface area (Å²) in [5.41, 5.74) is 4.92. The molecule has 2 aliphatic rings. The molecule has 0 bridgehead atoms. The van der Waals surface area contributed by atoms with Crippen LogP contribution >= 0.6 is 23.5 Å². The number of rotatable bonds is 4. The molecule has 2 aromatic heterocycles. The van der Waals surface area contributed by atoms with E-state index >= 15 is 0 Å². The molecule has 7 heteroatoms. The number of H-pyrrole nitrogens is 1. The molecule has 5 nitrogen and oxygen atoms in total. The number of benzene rings is 1. The Morgan fingerprint density at radius 3 is 2.89 bits per heavy atom. The average molecular weight is 413 g/mol. The lowest BCUT2D eigenvalue weighted by atomic mass is 10.0. The number of carbonyl (C=O) groups excluding carboxylic acids is 1. The number of halogens is 1. The fraction of sp³-hybridized carbons (Fsp3) is 0.333. The van der Waals surface area contributed by atoms with Crippen molar-refractivity contribution in [2.75, 3.05) is 30.8 Å². The molecule has 28 heavy (non-hydrogen) atoms. The third kappa shape index (κ3) is 3.09. The van der Waals surface area contributed by atoms with Crippen LogP contribution in [0.4, 0.5) is 5.69 Å². The molecule has 1 saturated carbocycles. The first-order valence-electron chi connectivity index (χ1n) is 9.51. The summed E-state index contributed by atoms with van der Waals surface area (Å²) in [6.07, 6.45) is 8.31. The highest BCUT2D eigenvalue weighted by Crippen LogP contribution is 2.46. The molecule has 0 spiro atoms. The van der Waals surface area contributed by atoms with Crippen molar-refractivity contribution in [3.8, 4) is 11.1 Å². The molecular formula is C21H21ClN4OS. The van der Waals surface area contributed by atoms with Crippen molar-refractivity contribution in [2.24, 2.45) is 0 Å². The monoisotopic (exact) mass is 412 g/mol. The van der Waals surface area contributed by atoms with Gasteiger partial charge in [-0.2, -0.15) is 0 Å². The van der Waals surface area contributed by atoms with E-state index in [-0.39, 0.29) is 5.91 Å². The van der Waals surface area contributed by atoms with E-state index in [0.29, 0.717) is 19.0 Å². The Morgan fingerprint density at radius 2 is 2.14 bits per heavy atom. The number of piperazine rings is 1. The van der Waals surface area contributed by atoms with Crippen LogP contribution in [0.2, 0.25) is 5.02 Å². The standard InChI is InChI=1S/C21H21ClN4OS/c1-28-25-7-8-26(18(27)12-25)15-4-2-3-14(9-15)17-11-24-21-19(20(17)22)16(10-23-21)13-5-6-13/h2-4,9-11,13H,5-8,12H2,1H3,(H,23,24). The second-order valence-electron chi connectivity index (χ2n) is 7.37. The van der Waals surface area contributed by atoms with Gasteiger partial charge in [0.1, 0.15) is 5.65 Å². The molecule has 2 fully saturated rings. The van der Waals surface area contributed by atoms with Crippen molar-refractivity contribution < 1.29 is 4.79 Å². The predicted octanol–water partition coefficient (Wildman–Crippen LogP) is 4.69.